The van der Waals surface area contributed by atoms with Gasteiger partial charge in [-0.25, -0.2) is 0 Å². The van der Waals surface area contributed by atoms with E-state index in [-0.39, 0.29) is 38.1 Å². The molecule has 1 atom stereocenters. The molecule has 0 aliphatic carbocycles. The maximum Gasteiger partial charge on any atom is 0.306 e. The van der Waals surface area contributed by atoms with Crippen LogP contribution in [0.4, 0.5) is 0 Å². The SMILES string of the molecule is N[C@H](CCC(=O)O)C(=O)CCC(=O)OCc1ccccc1. The molecular weight excluding hydrogens is 274 g/mol. The second-order valence-electron chi connectivity index (χ2n) is 4.65. The number of aliphatic carboxylic acids is 1. The summed E-state index contributed by atoms with van der Waals surface area (Å²) in [4.78, 5) is 33.5. The third-order valence-corrected chi connectivity index (χ3v) is 2.90. The number of Topliss-reactive ketones (excluding diaryl/α,β-unsaturated/α-hetero) is 1. The topological polar surface area (TPSA) is 107 Å². The summed E-state index contributed by atoms with van der Waals surface area (Å²) in [7, 11) is 0. The first-order valence-corrected chi connectivity index (χ1v) is 6.68. The van der Waals surface area contributed by atoms with Gasteiger partial charge in [0.05, 0.1) is 12.5 Å². The molecule has 0 saturated carbocycles. The molecule has 1 rings (SSSR count). The number of rotatable bonds is 9. The van der Waals surface area contributed by atoms with Crippen molar-refractivity contribution in [1.82, 2.24) is 0 Å². The number of carboxylic acid groups (broad SMARTS) is 1. The fourth-order valence-corrected chi connectivity index (χ4v) is 1.66. The van der Waals surface area contributed by atoms with Crippen LogP contribution in [0.5, 0.6) is 0 Å². The summed E-state index contributed by atoms with van der Waals surface area (Å²) in [5, 5.41) is 8.50. The van der Waals surface area contributed by atoms with Crippen LogP contribution in [0.15, 0.2) is 30.3 Å². The summed E-state index contributed by atoms with van der Waals surface area (Å²) in [6.45, 7) is 0.166. The lowest BCUT2D eigenvalue weighted by Crippen LogP contribution is -2.31. The minimum Gasteiger partial charge on any atom is -0.481 e. The molecular formula is C15H19NO5. The molecule has 0 unspecified atom stereocenters. The molecule has 0 heterocycles. The molecule has 3 N–H and O–H groups in total. The first kappa shape index (κ1) is 16.8. The van der Waals surface area contributed by atoms with Gasteiger partial charge in [0.1, 0.15) is 12.4 Å². The van der Waals surface area contributed by atoms with Gasteiger partial charge in [0, 0.05) is 12.8 Å². The van der Waals surface area contributed by atoms with Crippen LogP contribution in [-0.2, 0) is 25.7 Å². The Morgan fingerprint density at radius 1 is 1.10 bits per heavy atom. The number of carbonyl (C=O) groups excluding carboxylic acids is 2. The molecule has 0 spiro atoms. The molecule has 0 bridgehead atoms. The van der Waals surface area contributed by atoms with Crippen molar-refractivity contribution in [2.75, 3.05) is 0 Å². The van der Waals surface area contributed by atoms with Gasteiger partial charge >= 0.3 is 11.9 Å². The second kappa shape index (κ2) is 8.86. The first-order chi connectivity index (χ1) is 9.99. The van der Waals surface area contributed by atoms with Crippen molar-refractivity contribution in [3.63, 3.8) is 0 Å². The van der Waals surface area contributed by atoms with Crippen LogP contribution in [0, 0.1) is 0 Å². The van der Waals surface area contributed by atoms with Crippen LogP contribution >= 0.6 is 0 Å². The third kappa shape index (κ3) is 7.22. The van der Waals surface area contributed by atoms with Gasteiger partial charge in [0.25, 0.3) is 0 Å². The highest BCUT2D eigenvalue weighted by atomic mass is 16.5. The Kier molecular flexibility index (Phi) is 7.11. The lowest BCUT2D eigenvalue weighted by atomic mass is 10.0. The Morgan fingerprint density at radius 2 is 1.76 bits per heavy atom. The number of esters is 1. The van der Waals surface area contributed by atoms with Gasteiger partial charge in [0.15, 0.2) is 0 Å². The molecule has 0 aliphatic rings. The summed E-state index contributed by atoms with van der Waals surface area (Å²) in [6.07, 6.45) is -0.167. The minimum atomic E-state index is -1.000. The smallest absolute Gasteiger partial charge is 0.306 e. The lowest BCUT2D eigenvalue weighted by Gasteiger charge is -2.09. The predicted octanol–water partition coefficient (Wildman–Crippen LogP) is 1.27. The van der Waals surface area contributed by atoms with E-state index in [0.29, 0.717) is 0 Å². The van der Waals surface area contributed by atoms with Crippen LogP contribution in [-0.4, -0.2) is 28.9 Å². The number of carbonyl (C=O) groups is 3. The van der Waals surface area contributed by atoms with E-state index >= 15 is 0 Å². The van der Waals surface area contributed by atoms with E-state index in [1.54, 1.807) is 0 Å². The summed E-state index contributed by atoms with van der Waals surface area (Å²) < 4.78 is 5.03. The average molecular weight is 293 g/mol. The molecule has 0 amide bonds. The zero-order valence-corrected chi connectivity index (χ0v) is 11.7. The van der Waals surface area contributed by atoms with Crippen molar-refractivity contribution in [2.24, 2.45) is 5.73 Å². The third-order valence-electron chi connectivity index (χ3n) is 2.90. The Morgan fingerprint density at radius 3 is 2.38 bits per heavy atom. The van der Waals surface area contributed by atoms with E-state index in [0.717, 1.165) is 5.56 Å². The summed E-state index contributed by atoms with van der Waals surface area (Å²) in [5.74, 6) is -1.80. The quantitative estimate of drug-likeness (QED) is 0.664. The molecule has 0 radical (unpaired) electrons. The van der Waals surface area contributed by atoms with Gasteiger partial charge in [-0.05, 0) is 12.0 Å². The Balaban J connectivity index is 2.23. The second-order valence-corrected chi connectivity index (χ2v) is 4.65. The van der Waals surface area contributed by atoms with Gasteiger partial charge in [-0.2, -0.15) is 0 Å². The summed E-state index contributed by atoms with van der Waals surface area (Å²) in [6, 6.07) is 8.37. The van der Waals surface area contributed by atoms with Gasteiger partial charge < -0.3 is 15.6 Å². The van der Waals surface area contributed by atoms with E-state index in [1.807, 2.05) is 30.3 Å². The normalized spacial score (nSPS) is 11.7. The first-order valence-electron chi connectivity index (χ1n) is 6.68. The fourth-order valence-electron chi connectivity index (χ4n) is 1.66. The maximum atomic E-state index is 11.6. The number of ketones is 1. The highest BCUT2D eigenvalue weighted by molar-refractivity contribution is 5.87. The molecule has 0 saturated heterocycles. The Bertz CT molecular complexity index is 486. The lowest BCUT2D eigenvalue weighted by molar-refractivity contribution is -0.146. The van der Waals surface area contributed by atoms with Crippen LogP contribution in [0.3, 0.4) is 0 Å². The van der Waals surface area contributed by atoms with Crippen molar-refractivity contribution in [2.45, 2.75) is 38.3 Å². The maximum absolute atomic E-state index is 11.6. The molecule has 0 aromatic heterocycles. The molecule has 0 aliphatic heterocycles. The van der Waals surface area contributed by atoms with Crippen LogP contribution in [0.2, 0.25) is 0 Å². The van der Waals surface area contributed by atoms with Gasteiger partial charge in [-0.1, -0.05) is 30.3 Å². The zero-order valence-electron chi connectivity index (χ0n) is 11.7. The van der Waals surface area contributed by atoms with Crippen LogP contribution in [0.1, 0.15) is 31.2 Å². The van der Waals surface area contributed by atoms with E-state index in [9.17, 15) is 14.4 Å². The van der Waals surface area contributed by atoms with E-state index in [2.05, 4.69) is 0 Å². The van der Waals surface area contributed by atoms with Crippen molar-refractivity contribution >= 4 is 17.7 Å². The van der Waals surface area contributed by atoms with Crippen molar-refractivity contribution < 1.29 is 24.2 Å². The fraction of sp³-hybridized carbons (Fsp3) is 0.400. The molecule has 0 fully saturated rings. The molecule has 6 heteroatoms. The number of hydrogen-bond donors (Lipinski definition) is 2. The van der Waals surface area contributed by atoms with E-state index in [1.165, 1.54) is 0 Å². The largest absolute Gasteiger partial charge is 0.481 e. The molecule has 6 nitrogen and oxygen atoms in total. The van der Waals surface area contributed by atoms with Crippen LogP contribution in [0.25, 0.3) is 0 Å². The molecule has 114 valence electrons. The van der Waals surface area contributed by atoms with Gasteiger partial charge in [-0.15, -0.1) is 0 Å². The number of carboxylic acids is 1. The summed E-state index contributed by atoms with van der Waals surface area (Å²) >= 11 is 0. The predicted molar refractivity (Wildman–Crippen MR) is 75.3 cm³/mol. The molecule has 1 aromatic carbocycles. The number of benzene rings is 1. The minimum absolute atomic E-state index is 0.0333. The standard InChI is InChI=1S/C15H19NO5/c16-12(6-8-14(18)19)13(17)7-9-15(20)21-10-11-4-2-1-3-5-11/h1-5,12H,6-10,16H2,(H,18,19)/t12-/m1/s1. The highest BCUT2D eigenvalue weighted by Crippen LogP contribution is 2.05. The highest BCUT2D eigenvalue weighted by Gasteiger charge is 2.16. The van der Waals surface area contributed by atoms with Gasteiger partial charge in [0.2, 0.25) is 0 Å². The number of hydrogen-bond acceptors (Lipinski definition) is 5. The molecule has 21 heavy (non-hydrogen) atoms. The van der Waals surface area contributed by atoms with Gasteiger partial charge in [-0.3, -0.25) is 14.4 Å². The molecule has 1 aromatic rings. The van der Waals surface area contributed by atoms with Crippen molar-refractivity contribution in [3.8, 4) is 0 Å². The Hall–Kier alpha value is -2.21. The number of nitrogens with two attached hydrogens (primary N) is 1. The summed E-state index contributed by atoms with van der Waals surface area (Å²) in [5.41, 5.74) is 6.42. The van der Waals surface area contributed by atoms with E-state index < -0.39 is 18.0 Å². The average Bonchev–Trinajstić information content (AvgIpc) is 2.49. The zero-order chi connectivity index (χ0) is 15.7. The van der Waals surface area contributed by atoms with Crippen molar-refractivity contribution in [3.05, 3.63) is 35.9 Å². The van der Waals surface area contributed by atoms with E-state index in [4.69, 9.17) is 15.6 Å². The monoisotopic (exact) mass is 293 g/mol. The Labute approximate surface area is 122 Å². The van der Waals surface area contributed by atoms with Crippen LogP contribution < -0.4 is 5.73 Å². The number of ether oxygens (including phenoxy) is 1. The van der Waals surface area contributed by atoms with Crippen molar-refractivity contribution in [1.29, 1.82) is 0 Å².